The molecule has 2 atom stereocenters. The first kappa shape index (κ1) is 18.7. The Kier molecular flexibility index (Phi) is 15.5. The van der Waals surface area contributed by atoms with Gasteiger partial charge >= 0.3 is 0 Å². The van der Waals surface area contributed by atoms with Crippen molar-refractivity contribution in [1.29, 1.82) is 0 Å². The number of aliphatic hydroxyl groups excluding tert-OH is 2. The van der Waals surface area contributed by atoms with Gasteiger partial charge < -0.3 is 10.2 Å². The van der Waals surface area contributed by atoms with E-state index in [1.54, 1.807) is 23.5 Å². The Morgan fingerprint density at radius 2 is 1.71 bits per heavy atom. The largest absolute Gasteiger partial charge is 0.396 e. The van der Waals surface area contributed by atoms with Gasteiger partial charge in [-0.25, -0.2) is 0 Å². The molecular formula is C10H22O2S5. The fraction of sp³-hybridized carbons (Fsp3) is 1.00. The van der Waals surface area contributed by atoms with Crippen LogP contribution in [0.3, 0.4) is 0 Å². The van der Waals surface area contributed by atoms with E-state index in [0.717, 1.165) is 34.5 Å². The van der Waals surface area contributed by atoms with Crippen molar-refractivity contribution in [2.24, 2.45) is 0 Å². The maximum absolute atomic E-state index is 9.24. The molecule has 0 aromatic heterocycles. The van der Waals surface area contributed by atoms with Crippen LogP contribution in [0, 0.1) is 0 Å². The van der Waals surface area contributed by atoms with E-state index in [-0.39, 0.29) is 13.2 Å². The van der Waals surface area contributed by atoms with Gasteiger partial charge in [-0.2, -0.15) is 60.5 Å². The molecule has 0 heterocycles. The van der Waals surface area contributed by atoms with Crippen molar-refractivity contribution in [3.63, 3.8) is 0 Å². The van der Waals surface area contributed by atoms with E-state index in [1.165, 1.54) is 0 Å². The highest BCUT2D eigenvalue weighted by Crippen LogP contribution is 2.20. The Bertz CT molecular complexity index is 162. The van der Waals surface area contributed by atoms with Crippen molar-refractivity contribution in [2.75, 3.05) is 47.7 Å². The summed E-state index contributed by atoms with van der Waals surface area (Å²) in [6.45, 7) is 0.465. The molecule has 7 heteroatoms. The Morgan fingerprint density at radius 3 is 2.29 bits per heavy atom. The minimum absolute atomic E-state index is 0.231. The maximum atomic E-state index is 9.24. The van der Waals surface area contributed by atoms with Crippen LogP contribution >= 0.6 is 60.5 Å². The highest BCUT2D eigenvalue weighted by molar-refractivity contribution is 8.04. The van der Waals surface area contributed by atoms with Crippen LogP contribution in [0.2, 0.25) is 0 Å². The summed E-state index contributed by atoms with van der Waals surface area (Å²) >= 11 is 14.0. The third kappa shape index (κ3) is 12.4. The lowest BCUT2D eigenvalue weighted by Crippen LogP contribution is -2.17. The smallest absolute Gasteiger partial charge is 0.0558 e. The second-order valence-corrected chi connectivity index (χ2v) is 8.20. The standard InChI is InChI=1S/C10H22O2S5/c11-1-3-15-6-9(14)7-17-10(5-12)8-16-4-2-13/h9-14H,1-8H2. The average molecular weight is 335 g/mol. The number of hydrogen-bond acceptors (Lipinski definition) is 7. The first-order valence-corrected chi connectivity index (χ1v) is 10.0. The number of hydrogen-bond donors (Lipinski definition) is 4. The van der Waals surface area contributed by atoms with Gasteiger partial charge in [-0.1, -0.05) is 0 Å². The van der Waals surface area contributed by atoms with Gasteiger partial charge in [0.15, 0.2) is 0 Å². The normalized spacial score (nSPS) is 14.8. The second-order valence-electron chi connectivity index (χ2n) is 3.39. The molecule has 0 spiro atoms. The summed E-state index contributed by atoms with van der Waals surface area (Å²) < 4.78 is 0. The zero-order valence-electron chi connectivity index (χ0n) is 9.83. The first-order chi connectivity index (χ1) is 8.24. The molecule has 2 unspecified atom stereocenters. The maximum Gasteiger partial charge on any atom is 0.0558 e. The van der Waals surface area contributed by atoms with Crippen LogP contribution in [0.4, 0.5) is 0 Å². The summed E-state index contributed by atoms with van der Waals surface area (Å²) in [6, 6.07) is 0. The van der Waals surface area contributed by atoms with Gasteiger partial charge in [0, 0.05) is 39.3 Å². The number of thiol groups is 2. The van der Waals surface area contributed by atoms with Gasteiger partial charge in [-0.3, -0.25) is 0 Å². The quantitative estimate of drug-likeness (QED) is 0.323. The van der Waals surface area contributed by atoms with Crippen LogP contribution in [0.15, 0.2) is 0 Å². The molecule has 0 radical (unpaired) electrons. The predicted octanol–water partition coefficient (Wildman–Crippen LogP) is 1.77. The van der Waals surface area contributed by atoms with E-state index in [0.29, 0.717) is 10.5 Å². The van der Waals surface area contributed by atoms with E-state index in [2.05, 4.69) is 25.3 Å². The van der Waals surface area contributed by atoms with Gasteiger partial charge in [-0.05, 0) is 5.75 Å². The zero-order valence-corrected chi connectivity index (χ0v) is 14.1. The van der Waals surface area contributed by atoms with E-state index >= 15 is 0 Å². The lowest BCUT2D eigenvalue weighted by atomic mass is 10.5. The van der Waals surface area contributed by atoms with Crippen LogP contribution in [0.25, 0.3) is 0 Å². The van der Waals surface area contributed by atoms with E-state index < -0.39 is 0 Å². The fourth-order valence-corrected chi connectivity index (χ4v) is 4.86. The van der Waals surface area contributed by atoms with Crippen LogP contribution in [0.5, 0.6) is 0 Å². The zero-order chi connectivity index (χ0) is 12.9. The van der Waals surface area contributed by atoms with Gasteiger partial charge in [0.25, 0.3) is 0 Å². The van der Waals surface area contributed by atoms with Crippen molar-refractivity contribution < 1.29 is 10.2 Å². The molecule has 0 rings (SSSR count). The molecule has 0 saturated carbocycles. The van der Waals surface area contributed by atoms with E-state index in [9.17, 15) is 5.11 Å². The molecule has 0 aliphatic carbocycles. The summed E-state index contributed by atoms with van der Waals surface area (Å²) in [5, 5.41) is 18.5. The third-order valence-corrected chi connectivity index (χ3v) is 7.03. The van der Waals surface area contributed by atoms with Crippen molar-refractivity contribution in [3.05, 3.63) is 0 Å². The molecule has 2 N–H and O–H groups in total. The minimum atomic E-state index is 0.231. The molecule has 0 aromatic rings. The van der Waals surface area contributed by atoms with Gasteiger partial charge in [0.05, 0.1) is 13.2 Å². The first-order valence-electron chi connectivity index (χ1n) is 5.52. The fourth-order valence-electron chi connectivity index (χ4n) is 1.01. The molecule has 0 aromatic carbocycles. The molecule has 17 heavy (non-hydrogen) atoms. The molecule has 0 saturated heterocycles. The van der Waals surface area contributed by atoms with Crippen LogP contribution < -0.4 is 0 Å². The van der Waals surface area contributed by atoms with Crippen molar-refractivity contribution >= 4 is 60.5 Å². The van der Waals surface area contributed by atoms with Crippen LogP contribution in [0.1, 0.15) is 0 Å². The second kappa shape index (κ2) is 14.1. The Balaban J connectivity index is 3.52. The van der Waals surface area contributed by atoms with Crippen molar-refractivity contribution in [3.8, 4) is 0 Å². The van der Waals surface area contributed by atoms with E-state index in [4.69, 9.17) is 5.11 Å². The van der Waals surface area contributed by atoms with Gasteiger partial charge in [0.1, 0.15) is 0 Å². The van der Waals surface area contributed by atoms with Crippen LogP contribution in [-0.4, -0.2) is 68.4 Å². The number of rotatable bonds is 12. The predicted molar refractivity (Wildman–Crippen MR) is 91.7 cm³/mol. The summed E-state index contributed by atoms with van der Waals surface area (Å²) in [5.74, 6) is 5.60. The summed E-state index contributed by atoms with van der Waals surface area (Å²) in [6.07, 6.45) is 0. The van der Waals surface area contributed by atoms with E-state index in [1.807, 2.05) is 11.8 Å². The molecule has 104 valence electrons. The van der Waals surface area contributed by atoms with Crippen LogP contribution in [-0.2, 0) is 0 Å². The minimum Gasteiger partial charge on any atom is -0.396 e. The Hall–Kier alpha value is 1.67. The highest BCUT2D eigenvalue weighted by atomic mass is 32.2. The topological polar surface area (TPSA) is 40.5 Å². The SMILES string of the molecule is OCCSCC(S)CSC(CO)CSCCS. The van der Waals surface area contributed by atoms with Crippen molar-refractivity contribution in [1.82, 2.24) is 0 Å². The lowest BCUT2D eigenvalue weighted by molar-refractivity contribution is 0.301. The van der Waals surface area contributed by atoms with Crippen molar-refractivity contribution in [2.45, 2.75) is 10.5 Å². The molecule has 0 fully saturated rings. The molecule has 0 aliphatic rings. The molecule has 0 bridgehead atoms. The van der Waals surface area contributed by atoms with Gasteiger partial charge in [0.2, 0.25) is 0 Å². The third-order valence-electron chi connectivity index (χ3n) is 1.81. The molecular weight excluding hydrogens is 312 g/mol. The number of thioether (sulfide) groups is 3. The molecule has 0 aliphatic heterocycles. The monoisotopic (exact) mass is 334 g/mol. The highest BCUT2D eigenvalue weighted by Gasteiger charge is 2.11. The summed E-state index contributed by atoms with van der Waals surface area (Å²) in [4.78, 5) is 0. The average Bonchev–Trinajstić information content (AvgIpc) is 2.34. The number of aliphatic hydroxyl groups is 2. The molecule has 2 nitrogen and oxygen atoms in total. The van der Waals surface area contributed by atoms with Gasteiger partial charge in [-0.15, -0.1) is 0 Å². The lowest BCUT2D eigenvalue weighted by Gasteiger charge is -2.16. The Morgan fingerprint density at radius 1 is 1.00 bits per heavy atom. The molecule has 0 amide bonds. The summed E-state index contributed by atoms with van der Waals surface area (Å²) in [5.41, 5.74) is 0. The Labute approximate surface area is 128 Å². The summed E-state index contributed by atoms with van der Waals surface area (Å²) in [7, 11) is 0.